The molecule has 0 bridgehead atoms. The average molecular weight is 308 g/mol. The molecule has 0 spiro atoms. The number of rotatable bonds is 6. The summed E-state index contributed by atoms with van der Waals surface area (Å²) in [5.74, 6) is -1.44. The molecular formula is C14H20N4O4. The fourth-order valence-corrected chi connectivity index (χ4v) is 1.92. The van der Waals surface area contributed by atoms with Crippen molar-refractivity contribution in [3.05, 3.63) is 29.3 Å². The maximum Gasteiger partial charge on any atom is 0.316 e. The molecule has 0 heterocycles. The topological polar surface area (TPSA) is 137 Å². The van der Waals surface area contributed by atoms with Gasteiger partial charge in [0.05, 0.1) is 13.2 Å². The predicted molar refractivity (Wildman–Crippen MR) is 80.0 cm³/mol. The van der Waals surface area contributed by atoms with Gasteiger partial charge in [0.2, 0.25) is 11.8 Å². The molecule has 120 valence electrons. The van der Waals surface area contributed by atoms with E-state index >= 15 is 0 Å². The van der Waals surface area contributed by atoms with Crippen LogP contribution in [0.25, 0.3) is 0 Å². The number of methoxy groups -OCH3 is 1. The SMILES string of the molecule is COc1ccc(C)cc1[C@@H](C)NC(=O)NC(C(N)=O)C(N)=O. The van der Waals surface area contributed by atoms with E-state index in [0.29, 0.717) is 5.75 Å². The number of benzene rings is 1. The Balaban J connectivity index is 2.82. The van der Waals surface area contributed by atoms with Crippen LogP contribution >= 0.6 is 0 Å². The molecule has 0 unspecified atom stereocenters. The molecule has 0 aromatic heterocycles. The fourth-order valence-electron chi connectivity index (χ4n) is 1.92. The summed E-state index contributed by atoms with van der Waals surface area (Å²) in [5.41, 5.74) is 11.7. The minimum atomic E-state index is -1.56. The van der Waals surface area contributed by atoms with Crippen LogP contribution in [0, 0.1) is 6.92 Å². The van der Waals surface area contributed by atoms with Gasteiger partial charge in [-0.05, 0) is 19.9 Å². The molecule has 0 aliphatic carbocycles. The van der Waals surface area contributed by atoms with Gasteiger partial charge in [0.1, 0.15) is 5.75 Å². The molecule has 22 heavy (non-hydrogen) atoms. The highest BCUT2D eigenvalue weighted by atomic mass is 16.5. The highest BCUT2D eigenvalue weighted by molar-refractivity contribution is 6.05. The normalized spacial score (nSPS) is 11.6. The third-order valence-electron chi connectivity index (χ3n) is 3.04. The van der Waals surface area contributed by atoms with Crippen LogP contribution in [0.4, 0.5) is 4.79 Å². The van der Waals surface area contributed by atoms with Crippen LogP contribution < -0.4 is 26.8 Å². The Hall–Kier alpha value is -2.77. The summed E-state index contributed by atoms with van der Waals surface area (Å²) in [6, 6.07) is 2.81. The first-order valence-corrected chi connectivity index (χ1v) is 6.56. The lowest BCUT2D eigenvalue weighted by atomic mass is 10.0. The van der Waals surface area contributed by atoms with Gasteiger partial charge in [0.25, 0.3) is 0 Å². The van der Waals surface area contributed by atoms with Crippen molar-refractivity contribution in [3.8, 4) is 5.75 Å². The second-order valence-electron chi connectivity index (χ2n) is 4.82. The second-order valence-corrected chi connectivity index (χ2v) is 4.82. The number of aryl methyl sites for hydroxylation is 1. The number of amides is 4. The minimum absolute atomic E-state index is 0.420. The van der Waals surface area contributed by atoms with E-state index in [0.717, 1.165) is 11.1 Å². The second kappa shape index (κ2) is 7.30. The van der Waals surface area contributed by atoms with Gasteiger partial charge >= 0.3 is 6.03 Å². The van der Waals surface area contributed by atoms with E-state index in [2.05, 4.69) is 10.6 Å². The summed E-state index contributed by atoms with van der Waals surface area (Å²) in [6.45, 7) is 3.65. The number of ether oxygens (including phenoxy) is 1. The summed E-state index contributed by atoms with van der Waals surface area (Å²) in [4.78, 5) is 33.9. The largest absolute Gasteiger partial charge is 0.496 e. The maximum absolute atomic E-state index is 11.9. The summed E-state index contributed by atoms with van der Waals surface area (Å²) < 4.78 is 5.24. The van der Waals surface area contributed by atoms with Crippen molar-refractivity contribution >= 4 is 17.8 Å². The number of nitrogens with one attached hydrogen (secondary N) is 2. The predicted octanol–water partition coefficient (Wildman–Crippen LogP) is -0.297. The Bertz CT molecular complexity index is 574. The van der Waals surface area contributed by atoms with Crippen molar-refractivity contribution in [2.45, 2.75) is 25.9 Å². The van der Waals surface area contributed by atoms with E-state index in [-0.39, 0.29) is 0 Å². The first-order chi connectivity index (χ1) is 10.3. The van der Waals surface area contributed by atoms with Crippen LogP contribution in [0.5, 0.6) is 5.75 Å². The number of carbonyl (C=O) groups excluding carboxylic acids is 3. The molecule has 1 aromatic carbocycles. The molecule has 8 heteroatoms. The molecule has 6 N–H and O–H groups in total. The number of urea groups is 1. The lowest BCUT2D eigenvalue weighted by molar-refractivity contribution is -0.128. The Morgan fingerprint density at radius 3 is 2.23 bits per heavy atom. The smallest absolute Gasteiger partial charge is 0.316 e. The number of primary amides is 2. The number of nitrogens with two attached hydrogens (primary N) is 2. The standard InChI is InChI=1S/C14H20N4O4/c1-7-4-5-10(22-3)9(6-7)8(2)17-14(21)18-11(12(15)19)13(16)20/h4-6,8,11H,1-3H3,(H2,15,19)(H2,16,20)(H2,17,18,21)/t8-/m1/s1. The van der Waals surface area contributed by atoms with Crippen molar-refractivity contribution in [2.24, 2.45) is 11.5 Å². The van der Waals surface area contributed by atoms with E-state index in [4.69, 9.17) is 16.2 Å². The van der Waals surface area contributed by atoms with Gasteiger partial charge in [-0.3, -0.25) is 9.59 Å². The zero-order chi connectivity index (χ0) is 16.9. The molecule has 8 nitrogen and oxygen atoms in total. The Morgan fingerprint density at radius 2 is 1.73 bits per heavy atom. The van der Waals surface area contributed by atoms with Crippen molar-refractivity contribution in [1.29, 1.82) is 0 Å². The quantitative estimate of drug-likeness (QED) is 0.536. The van der Waals surface area contributed by atoms with Crippen molar-refractivity contribution in [2.75, 3.05) is 7.11 Å². The van der Waals surface area contributed by atoms with Gasteiger partial charge in [-0.1, -0.05) is 17.7 Å². The highest BCUT2D eigenvalue weighted by Gasteiger charge is 2.24. The van der Waals surface area contributed by atoms with Gasteiger partial charge in [-0.2, -0.15) is 0 Å². The van der Waals surface area contributed by atoms with Crippen LogP contribution in [0.2, 0.25) is 0 Å². The molecule has 0 aliphatic heterocycles. The third kappa shape index (κ3) is 4.37. The molecule has 0 aliphatic rings. The molecule has 0 fully saturated rings. The van der Waals surface area contributed by atoms with Gasteiger partial charge < -0.3 is 26.8 Å². The summed E-state index contributed by atoms with van der Waals surface area (Å²) in [7, 11) is 1.52. The lowest BCUT2D eigenvalue weighted by Crippen LogP contribution is -2.55. The fraction of sp³-hybridized carbons (Fsp3) is 0.357. The summed E-state index contributed by atoms with van der Waals surface area (Å²) in [5, 5.41) is 4.72. The Morgan fingerprint density at radius 1 is 1.14 bits per heavy atom. The number of carbonyl (C=O) groups is 3. The monoisotopic (exact) mass is 308 g/mol. The number of hydrogen-bond donors (Lipinski definition) is 4. The molecule has 0 radical (unpaired) electrons. The first kappa shape index (κ1) is 17.3. The lowest BCUT2D eigenvalue weighted by Gasteiger charge is -2.19. The van der Waals surface area contributed by atoms with Gasteiger partial charge in [0.15, 0.2) is 6.04 Å². The maximum atomic E-state index is 11.9. The van der Waals surface area contributed by atoms with Crippen molar-refractivity contribution in [3.63, 3.8) is 0 Å². The van der Waals surface area contributed by atoms with E-state index in [1.165, 1.54) is 7.11 Å². The van der Waals surface area contributed by atoms with E-state index in [1.807, 2.05) is 19.1 Å². The summed E-state index contributed by atoms with van der Waals surface area (Å²) >= 11 is 0. The molecule has 1 aromatic rings. The Kier molecular flexibility index (Phi) is 5.73. The van der Waals surface area contributed by atoms with Crippen LogP contribution in [0.3, 0.4) is 0 Å². The van der Waals surface area contributed by atoms with Gasteiger partial charge in [0, 0.05) is 5.56 Å². The van der Waals surface area contributed by atoms with Gasteiger partial charge in [-0.25, -0.2) is 4.79 Å². The third-order valence-corrected chi connectivity index (χ3v) is 3.04. The molecule has 0 saturated carbocycles. The first-order valence-electron chi connectivity index (χ1n) is 6.56. The molecule has 1 atom stereocenters. The zero-order valence-electron chi connectivity index (χ0n) is 12.7. The zero-order valence-corrected chi connectivity index (χ0v) is 12.7. The molecule has 1 rings (SSSR count). The molecular weight excluding hydrogens is 288 g/mol. The van der Waals surface area contributed by atoms with E-state index in [9.17, 15) is 14.4 Å². The molecule has 0 saturated heterocycles. The van der Waals surface area contributed by atoms with Crippen LogP contribution in [-0.4, -0.2) is 31.0 Å². The van der Waals surface area contributed by atoms with Crippen molar-refractivity contribution in [1.82, 2.24) is 10.6 Å². The average Bonchev–Trinajstić information content (AvgIpc) is 2.43. The van der Waals surface area contributed by atoms with Crippen LogP contribution in [0.1, 0.15) is 24.1 Å². The van der Waals surface area contributed by atoms with Crippen LogP contribution in [-0.2, 0) is 9.59 Å². The molecule has 4 amide bonds. The van der Waals surface area contributed by atoms with E-state index in [1.54, 1.807) is 13.0 Å². The minimum Gasteiger partial charge on any atom is -0.496 e. The van der Waals surface area contributed by atoms with E-state index < -0.39 is 29.9 Å². The van der Waals surface area contributed by atoms with Crippen molar-refractivity contribution < 1.29 is 19.1 Å². The van der Waals surface area contributed by atoms with Crippen LogP contribution in [0.15, 0.2) is 18.2 Å². The number of hydrogen-bond acceptors (Lipinski definition) is 4. The summed E-state index contributed by atoms with van der Waals surface area (Å²) in [6.07, 6.45) is 0. The van der Waals surface area contributed by atoms with Gasteiger partial charge in [-0.15, -0.1) is 0 Å². The highest BCUT2D eigenvalue weighted by Crippen LogP contribution is 2.25. The Labute approximate surface area is 128 Å².